The number of likely N-dealkylation sites (tertiary alicyclic amines) is 1. The molecule has 1 aliphatic heterocycles. The van der Waals surface area contributed by atoms with Gasteiger partial charge >= 0.3 is 0 Å². The molecule has 1 fully saturated rings. The van der Waals surface area contributed by atoms with Crippen LogP contribution in [-0.4, -0.2) is 29.1 Å². The lowest BCUT2D eigenvalue weighted by Gasteiger charge is -2.36. The Morgan fingerprint density at radius 1 is 1.30 bits per heavy atom. The molecule has 0 spiro atoms. The summed E-state index contributed by atoms with van der Waals surface area (Å²) in [6.45, 7) is 4.32. The van der Waals surface area contributed by atoms with Gasteiger partial charge in [0.05, 0.1) is 6.10 Å². The van der Waals surface area contributed by atoms with Crippen molar-refractivity contribution in [3.63, 3.8) is 0 Å². The van der Waals surface area contributed by atoms with Crippen LogP contribution in [0, 0.1) is 5.82 Å². The molecule has 0 aliphatic carbocycles. The van der Waals surface area contributed by atoms with Gasteiger partial charge in [-0.05, 0) is 49.9 Å². The molecule has 1 N–H and O–H groups in total. The topological polar surface area (TPSA) is 23.5 Å². The van der Waals surface area contributed by atoms with Gasteiger partial charge in [-0.15, -0.1) is 0 Å². The van der Waals surface area contributed by atoms with Crippen LogP contribution in [0.5, 0.6) is 0 Å². The van der Waals surface area contributed by atoms with E-state index in [4.69, 9.17) is 0 Å². The van der Waals surface area contributed by atoms with E-state index < -0.39 is 6.10 Å². The molecule has 112 valence electrons. The van der Waals surface area contributed by atoms with Crippen LogP contribution in [0.3, 0.4) is 0 Å². The fraction of sp³-hybridized carbons (Fsp3) is 0.647. The summed E-state index contributed by atoms with van der Waals surface area (Å²) in [5, 5.41) is 10.2. The molecule has 2 unspecified atom stereocenters. The van der Waals surface area contributed by atoms with Crippen molar-refractivity contribution >= 4 is 0 Å². The van der Waals surface area contributed by atoms with Gasteiger partial charge in [-0.3, -0.25) is 0 Å². The summed E-state index contributed by atoms with van der Waals surface area (Å²) >= 11 is 0. The number of hydrogen-bond donors (Lipinski definition) is 1. The van der Waals surface area contributed by atoms with E-state index in [2.05, 4.69) is 11.8 Å². The predicted molar refractivity (Wildman–Crippen MR) is 80.1 cm³/mol. The monoisotopic (exact) mass is 279 g/mol. The predicted octanol–water partition coefficient (Wildman–Crippen LogP) is 3.90. The molecule has 1 saturated heterocycles. The van der Waals surface area contributed by atoms with Crippen molar-refractivity contribution < 1.29 is 9.50 Å². The first-order valence-corrected chi connectivity index (χ1v) is 7.88. The number of benzene rings is 1. The van der Waals surface area contributed by atoms with Crippen LogP contribution in [0.1, 0.15) is 57.1 Å². The average Bonchev–Trinajstić information content (AvgIpc) is 2.47. The molecule has 0 aromatic heterocycles. The maximum Gasteiger partial charge on any atom is 0.123 e. The van der Waals surface area contributed by atoms with Crippen LogP contribution >= 0.6 is 0 Å². The van der Waals surface area contributed by atoms with E-state index in [0.717, 1.165) is 25.1 Å². The second-order valence-corrected chi connectivity index (χ2v) is 5.83. The van der Waals surface area contributed by atoms with Gasteiger partial charge in [-0.1, -0.05) is 31.9 Å². The molecule has 0 amide bonds. The largest absolute Gasteiger partial charge is 0.388 e. The molecule has 1 aromatic rings. The zero-order chi connectivity index (χ0) is 14.4. The lowest BCUT2D eigenvalue weighted by atomic mass is 9.97. The lowest BCUT2D eigenvalue weighted by molar-refractivity contribution is 0.0987. The van der Waals surface area contributed by atoms with Gasteiger partial charge in [0.15, 0.2) is 0 Å². The Bertz CT molecular complexity index is 390. The third-order valence-electron chi connectivity index (χ3n) is 4.32. The van der Waals surface area contributed by atoms with Crippen LogP contribution in [0.25, 0.3) is 0 Å². The number of rotatable bonds is 6. The van der Waals surface area contributed by atoms with Crippen molar-refractivity contribution in [2.24, 2.45) is 0 Å². The Labute approximate surface area is 121 Å². The van der Waals surface area contributed by atoms with E-state index in [-0.39, 0.29) is 5.82 Å². The van der Waals surface area contributed by atoms with Crippen LogP contribution in [-0.2, 0) is 0 Å². The molecule has 2 nitrogen and oxygen atoms in total. The first kappa shape index (κ1) is 15.5. The Kier molecular flexibility index (Phi) is 5.99. The maximum atomic E-state index is 12.9. The van der Waals surface area contributed by atoms with Gasteiger partial charge in [0.25, 0.3) is 0 Å². The molecular weight excluding hydrogens is 253 g/mol. The standard InChI is InChI=1S/C17H26FNO/c1-2-5-16-6-3-4-12-19(16)13-11-17(20)14-7-9-15(18)10-8-14/h7-10,16-17,20H,2-6,11-13H2,1H3. The third kappa shape index (κ3) is 4.29. The quantitative estimate of drug-likeness (QED) is 0.853. The van der Waals surface area contributed by atoms with Crippen LogP contribution in [0.15, 0.2) is 24.3 Å². The van der Waals surface area contributed by atoms with Gasteiger partial charge in [0.2, 0.25) is 0 Å². The minimum Gasteiger partial charge on any atom is -0.388 e. The van der Waals surface area contributed by atoms with Crippen LogP contribution < -0.4 is 0 Å². The normalized spacial score (nSPS) is 21.9. The van der Waals surface area contributed by atoms with Gasteiger partial charge in [-0.2, -0.15) is 0 Å². The number of nitrogens with zero attached hydrogens (tertiary/aromatic N) is 1. The summed E-state index contributed by atoms with van der Waals surface area (Å²) in [7, 11) is 0. The molecule has 1 aromatic carbocycles. The lowest BCUT2D eigenvalue weighted by Crippen LogP contribution is -2.40. The van der Waals surface area contributed by atoms with E-state index in [1.165, 1.54) is 44.2 Å². The minimum absolute atomic E-state index is 0.250. The fourth-order valence-corrected chi connectivity index (χ4v) is 3.15. The van der Waals surface area contributed by atoms with E-state index in [9.17, 15) is 9.50 Å². The number of halogens is 1. The number of aliphatic hydroxyl groups excluding tert-OH is 1. The summed E-state index contributed by atoms with van der Waals surface area (Å²) in [6, 6.07) is 6.88. The molecule has 0 saturated carbocycles. The molecular formula is C17H26FNO. The Balaban J connectivity index is 1.85. The van der Waals surface area contributed by atoms with Crippen molar-refractivity contribution in [2.45, 2.75) is 57.6 Å². The molecule has 3 heteroatoms. The minimum atomic E-state index is -0.486. The highest BCUT2D eigenvalue weighted by Crippen LogP contribution is 2.23. The van der Waals surface area contributed by atoms with Gasteiger partial charge < -0.3 is 10.0 Å². The van der Waals surface area contributed by atoms with Crippen molar-refractivity contribution in [1.29, 1.82) is 0 Å². The zero-order valence-electron chi connectivity index (χ0n) is 12.4. The zero-order valence-corrected chi connectivity index (χ0v) is 12.4. The highest BCUT2D eigenvalue weighted by Gasteiger charge is 2.22. The summed E-state index contributed by atoms with van der Waals surface area (Å²) < 4.78 is 12.9. The smallest absolute Gasteiger partial charge is 0.123 e. The molecule has 2 rings (SSSR count). The number of piperidine rings is 1. The summed E-state index contributed by atoms with van der Waals surface area (Å²) in [5.41, 5.74) is 0.815. The Hall–Kier alpha value is -0.930. The molecule has 20 heavy (non-hydrogen) atoms. The van der Waals surface area contributed by atoms with Gasteiger partial charge in [-0.25, -0.2) is 4.39 Å². The Morgan fingerprint density at radius 2 is 2.05 bits per heavy atom. The average molecular weight is 279 g/mol. The van der Waals surface area contributed by atoms with Crippen molar-refractivity contribution in [3.05, 3.63) is 35.6 Å². The first-order valence-electron chi connectivity index (χ1n) is 7.88. The Morgan fingerprint density at radius 3 is 2.75 bits per heavy atom. The number of aliphatic hydroxyl groups is 1. The van der Waals surface area contributed by atoms with Gasteiger partial charge in [0, 0.05) is 12.6 Å². The van der Waals surface area contributed by atoms with Crippen LogP contribution in [0.2, 0.25) is 0 Å². The van der Waals surface area contributed by atoms with E-state index in [1.807, 2.05) is 0 Å². The summed E-state index contributed by atoms with van der Waals surface area (Å²) in [6.07, 6.45) is 6.62. The fourth-order valence-electron chi connectivity index (χ4n) is 3.15. The molecule has 2 atom stereocenters. The second kappa shape index (κ2) is 7.75. The van der Waals surface area contributed by atoms with Crippen molar-refractivity contribution in [1.82, 2.24) is 4.90 Å². The van der Waals surface area contributed by atoms with Crippen LogP contribution in [0.4, 0.5) is 4.39 Å². The first-order chi connectivity index (χ1) is 9.70. The van der Waals surface area contributed by atoms with E-state index in [1.54, 1.807) is 12.1 Å². The molecule has 0 radical (unpaired) electrons. The SMILES string of the molecule is CCCC1CCCCN1CCC(O)c1ccc(F)cc1. The molecule has 1 aliphatic rings. The van der Waals surface area contributed by atoms with E-state index in [0.29, 0.717) is 6.04 Å². The second-order valence-electron chi connectivity index (χ2n) is 5.83. The maximum absolute atomic E-state index is 12.9. The number of hydrogen-bond acceptors (Lipinski definition) is 2. The molecule has 1 heterocycles. The van der Waals surface area contributed by atoms with Crippen molar-refractivity contribution in [3.8, 4) is 0 Å². The highest BCUT2D eigenvalue weighted by atomic mass is 19.1. The third-order valence-corrected chi connectivity index (χ3v) is 4.32. The van der Waals surface area contributed by atoms with Crippen molar-refractivity contribution in [2.75, 3.05) is 13.1 Å². The summed E-state index contributed by atoms with van der Waals surface area (Å²) in [5.74, 6) is -0.250. The van der Waals surface area contributed by atoms with Gasteiger partial charge in [0.1, 0.15) is 5.82 Å². The summed E-state index contributed by atoms with van der Waals surface area (Å²) in [4.78, 5) is 2.53. The van der Waals surface area contributed by atoms with E-state index >= 15 is 0 Å². The molecule has 0 bridgehead atoms. The highest BCUT2D eigenvalue weighted by molar-refractivity contribution is 5.18.